The molecule has 86 valence electrons. The fraction of sp³-hybridized carbons (Fsp3) is 0.333. The average molecular weight is 222 g/mol. The van der Waals surface area contributed by atoms with E-state index < -0.39 is 11.6 Å². The van der Waals surface area contributed by atoms with Gasteiger partial charge in [0.15, 0.2) is 0 Å². The van der Waals surface area contributed by atoms with Crippen molar-refractivity contribution in [2.75, 3.05) is 0 Å². The molecule has 0 bridgehead atoms. The third kappa shape index (κ3) is 3.73. The topological polar surface area (TPSA) is 52.6 Å². The van der Waals surface area contributed by atoms with Gasteiger partial charge in [0.1, 0.15) is 11.4 Å². The Bertz CT molecular complexity index is 373. The van der Waals surface area contributed by atoms with Gasteiger partial charge in [-0.3, -0.25) is 4.79 Å². The SMILES string of the molecule is CC(C)(C)OC(=O)c1ccc(OC=O)cc1. The van der Waals surface area contributed by atoms with Crippen LogP contribution < -0.4 is 4.74 Å². The van der Waals surface area contributed by atoms with E-state index in [0.717, 1.165) is 0 Å². The van der Waals surface area contributed by atoms with Crippen molar-refractivity contribution in [3.05, 3.63) is 29.8 Å². The van der Waals surface area contributed by atoms with Gasteiger partial charge in [-0.1, -0.05) is 0 Å². The Labute approximate surface area is 94.2 Å². The molecule has 0 atom stereocenters. The summed E-state index contributed by atoms with van der Waals surface area (Å²) < 4.78 is 9.78. The summed E-state index contributed by atoms with van der Waals surface area (Å²) in [5.41, 5.74) is -0.0946. The zero-order valence-electron chi connectivity index (χ0n) is 9.52. The molecule has 0 aliphatic heterocycles. The fourth-order valence-corrected chi connectivity index (χ4v) is 1.06. The minimum absolute atomic E-state index is 0.336. The number of hydrogen-bond acceptors (Lipinski definition) is 4. The Balaban J connectivity index is 2.74. The minimum Gasteiger partial charge on any atom is -0.456 e. The highest BCUT2D eigenvalue weighted by atomic mass is 16.6. The predicted octanol–water partition coefficient (Wildman–Crippen LogP) is 2.18. The summed E-state index contributed by atoms with van der Waals surface area (Å²) >= 11 is 0. The molecule has 0 fully saturated rings. The van der Waals surface area contributed by atoms with Crippen LogP contribution in [0.4, 0.5) is 0 Å². The first kappa shape index (κ1) is 12.2. The van der Waals surface area contributed by atoms with Crippen molar-refractivity contribution >= 4 is 12.4 Å². The molecule has 0 heterocycles. The summed E-state index contributed by atoms with van der Waals surface area (Å²) in [4.78, 5) is 21.7. The molecule has 0 saturated carbocycles. The van der Waals surface area contributed by atoms with Gasteiger partial charge in [-0.25, -0.2) is 4.79 Å². The molecule has 1 rings (SSSR count). The van der Waals surface area contributed by atoms with Crippen molar-refractivity contribution in [3.8, 4) is 5.75 Å². The highest BCUT2D eigenvalue weighted by molar-refractivity contribution is 5.89. The maximum atomic E-state index is 11.6. The summed E-state index contributed by atoms with van der Waals surface area (Å²) in [6.45, 7) is 5.74. The highest BCUT2D eigenvalue weighted by Gasteiger charge is 2.17. The molecule has 4 heteroatoms. The van der Waals surface area contributed by atoms with Crippen LogP contribution in [0.25, 0.3) is 0 Å². The first-order chi connectivity index (χ1) is 7.42. The monoisotopic (exact) mass is 222 g/mol. The zero-order valence-corrected chi connectivity index (χ0v) is 9.52. The molecule has 16 heavy (non-hydrogen) atoms. The smallest absolute Gasteiger partial charge is 0.338 e. The van der Waals surface area contributed by atoms with Crippen LogP contribution >= 0.6 is 0 Å². The first-order valence-corrected chi connectivity index (χ1v) is 4.86. The van der Waals surface area contributed by atoms with Crippen LogP contribution in [-0.2, 0) is 9.53 Å². The van der Waals surface area contributed by atoms with Crippen LogP contribution in [0.1, 0.15) is 31.1 Å². The van der Waals surface area contributed by atoms with E-state index in [2.05, 4.69) is 4.74 Å². The zero-order chi connectivity index (χ0) is 12.2. The van der Waals surface area contributed by atoms with E-state index in [1.807, 2.05) is 0 Å². The van der Waals surface area contributed by atoms with Crippen LogP contribution in [0.15, 0.2) is 24.3 Å². The number of ether oxygens (including phenoxy) is 2. The molecule has 0 aliphatic carbocycles. The van der Waals surface area contributed by atoms with Gasteiger partial charge < -0.3 is 9.47 Å². The summed E-state index contributed by atoms with van der Waals surface area (Å²) in [7, 11) is 0. The maximum Gasteiger partial charge on any atom is 0.338 e. The van der Waals surface area contributed by atoms with Gasteiger partial charge in [0.05, 0.1) is 5.56 Å². The predicted molar refractivity (Wildman–Crippen MR) is 58.3 cm³/mol. The number of carbonyl (C=O) groups excluding carboxylic acids is 2. The quantitative estimate of drug-likeness (QED) is 0.581. The van der Waals surface area contributed by atoms with Crippen LogP contribution in [-0.4, -0.2) is 18.0 Å². The largest absolute Gasteiger partial charge is 0.456 e. The molecule has 0 saturated heterocycles. The van der Waals surface area contributed by atoms with E-state index in [1.165, 1.54) is 12.1 Å². The molecule has 1 aromatic rings. The van der Waals surface area contributed by atoms with Gasteiger partial charge in [0, 0.05) is 0 Å². The van der Waals surface area contributed by atoms with E-state index >= 15 is 0 Å². The minimum atomic E-state index is -0.519. The number of carbonyl (C=O) groups is 2. The Morgan fingerprint density at radius 2 is 1.75 bits per heavy atom. The lowest BCUT2D eigenvalue weighted by Gasteiger charge is -2.19. The molecule has 0 aromatic heterocycles. The maximum absolute atomic E-state index is 11.6. The van der Waals surface area contributed by atoms with Crippen LogP contribution in [0.3, 0.4) is 0 Å². The standard InChI is InChI=1S/C12H14O4/c1-12(2,3)16-11(14)9-4-6-10(7-5-9)15-8-13/h4-8H,1-3H3. The van der Waals surface area contributed by atoms with Crippen molar-refractivity contribution in [2.24, 2.45) is 0 Å². The van der Waals surface area contributed by atoms with Gasteiger partial charge in [0.2, 0.25) is 0 Å². The molecule has 4 nitrogen and oxygen atoms in total. The second-order valence-corrected chi connectivity index (χ2v) is 4.24. The van der Waals surface area contributed by atoms with Crippen molar-refractivity contribution in [1.29, 1.82) is 0 Å². The Hall–Kier alpha value is -1.84. The van der Waals surface area contributed by atoms with Gasteiger partial charge in [-0.2, -0.15) is 0 Å². The first-order valence-electron chi connectivity index (χ1n) is 4.86. The molecule has 0 N–H and O–H groups in total. The van der Waals surface area contributed by atoms with E-state index in [-0.39, 0.29) is 0 Å². The van der Waals surface area contributed by atoms with E-state index in [1.54, 1.807) is 32.9 Å². The van der Waals surface area contributed by atoms with Crippen LogP contribution in [0, 0.1) is 0 Å². The summed E-state index contributed by atoms with van der Waals surface area (Å²) in [5, 5.41) is 0. The number of hydrogen-bond donors (Lipinski definition) is 0. The van der Waals surface area contributed by atoms with E-state index in [0.29, 0.717) is 17.8 Å². The lowest BCUT2D eigenvalue weighted by molar-refractivity contribution is -0.120. The normalized spacial score (nSPS) is 10.7. The van der Waals surface area contributed by atoms with Gasteiger partial charge in [-0.15, -0.1) is 0 Å². The summed E-state index contributed by atoms with van der Waals surface area (Å²) in [6.07, 6.45) is 0. The van der Waals surface area contributed by atoms with Crippen molar-refractivity contribution in [2.45, 2.75) is 26.4 Å². The molecular formula is C12H14O4. The Morgan fingerprint density at radius 1 is 1.19 bits per heavy atom. The number of rotatable bonds is 3. The third-order valence-electron chi connectivity index (χ3n) is 1.67. The number of benzene rings is 1. The Morgan fingerprint density at radius 3 is 2.19 bits per heavy atom. The summed E-state index contributed by atoms with van der Waals surface area (Å²) in [5.74, 6) is -0.00698. The molecule has 0 amide bonds. The molecule has 0 aliphatic rings. The average Bonchev–Trinajstić information content (AvgIpc) is 2.16. The van der Waals surface area contributed by atoms with Crippen molar-refractivity contribution in [1.82, 2.24) is 0 Å². The van der Waals surface area contributed by atoms with E-state index in [9.17, 15) is 9.59 Å². The van der Waals surface area contributed by atoms with E-state index in [4.69, 9.17) is 4.74 Å². The van der Waals surface area contributed by atoms with Crippen molar-refractivity contribution in [3.63, 3.8) is 0 Å². The lowest BCUT2D eigenvalue weighted by atomic mass is 10.1. The molecular weight excluding hydrogens is 208 g/mol. The van der Waals surface area contributed by atoms with Gasteiger partial charge in [-0.05, 0) is 45.0 Å². The molecule has 1 aromatic carbocycles. The fourth-order valence-electron chi connectivity index (χ4n) is 1.06. The second kappa shape index (κ2) is 4.79. The third-order valence-corrected chi connectivity index (χ3v) is 1.67. The van der Waals surface area contributed by atoms with Crippen LogP contribution in [0.2, 0.25) is 0 Å². The van der Waals surface area contributed by atoms with Crippen molar-refractivity contribution < 1.29 is 19.1 Å². The Kier molecular flexibility index (Phi) is 3.66. The van der Waals surface area contributed by atoms with Crippen LogP contribution in [0.5, 0.6) is 5.75 Å². The van der Waals surface area contributed by atoms with Gasteiger partial charge in [0.25, 0.3) is 6.47 Å². The summed E-state index contributed by atoms with van der Waals surface area (Å²) in [6, 6.07) is 6.17. The lowest BCUT2D eigenvalue weighted by Crippen LogP contribution is -2.23. The molecule has 0 spiro atoms. The number of esters is 1. The second-order valence-electron chi connectivity index (χ2n) is 4.24. The van der Waals surface area contributed by atoms with Gasteiger partial charge >= 0.3 is 5.97 Å². The molecule has 0 radical (unpaired) electrons. The molecule has 0 unspecified atom stereocenters. The highest BCUT2D eigenvalue weighted by Crippen LogP contribution is 2.15.